The minimum atomic E-state index is -0.711. The van der Waals surface area contributed by atoms with Crippen LogP contribution in [-0.2, 0) is 19.5 Å². The standard InChI is InChI=1S/C68H68N12O4.HI.Zn/c1-77(2,3)41-25-33-45(34-26-41)81-53-21-13-17-49-57(53)65-69-61(49)74-66-59-51(19-15-23-55(59)83-47-37-29-43(30-38-47)79(7,8)9)63(71-66)76-68-60-52(20-16-24-56(60)84-48-39-31-44(32-40-48)80(10,11)12)64(72-68)75-67-58-50(62(70-67)73-65)18-14-22-54(58)82-46-35-27-42(28-36-46)78(4,5)6;;/h13-40,65,70,73H,1-12H3,(H,69,71,72,74,75,76);1H;/q+4;;+2/p-1. The SMILES string of the molecule is C[N+](C)(C)c1ccc(Oc2cccc3c2C2=N/C3=N\c3[nH]c(c4cccc(Oc5ccc([N+](C)(C)C)cc5)c34)NC3N=C(N=c4[nH]c(c5cccc(Oc6ccc([N+](C)(C)C)cc6)c45)=N2)c2cccc(Oc4ccc([N+](C)(C)C)cc4)c23)cc1.[I-].[Zn+2]. The van der Waals surface area contributed by atoms with E-state index in [2.05, 4.69) is 148 Å². The van der Waals surface area contributed by atoms with Crippen LogP contribution in [0, 0.1) is 0 Å². The van der Waals surface area contributed by atoms with Crippen LogP contribution in [-0.4, -0.2) is 112 Å². The van der Waals surface area contributed by atoms with E-state index < -0.39 is 6.17 Å². The second kappa shape index (κ2) is 22.5. The molecule has 1 atom stereocenters. The van der Waals surface area contributed by atoms with Gasteiger partial charge in [0.25, 0.3) is 0 Å². The van der Waals surface area contributed by atoms with Gasteiger partial charge < -0.3 is 58.2 Å². The minimum Gasteiger partial charge on any atom is -1.00 e. The molecule has 2 aromatic heterocycles. The van der Waals surface area contributed by atoms with Crippen molar-refractivity contribution >= 4 is 73.4 Å². The summed E-state index contributed by atoms with van der Waals surface area (Å²) in [4.78, 5) is 34.6. The Hall–Kier alpha value is -8.36. The molecule has 5 heterocycles. The zero-order chi connectivity index (χ0) is 58.5. The molecule has 0 saturated heterocycles. The Bertz CT molecular complexity index is 4490. The summed E-state index contributed by atoms with van der Waals surface area (Å²) in [5.41, 5.74) is 8.50. The van der Waals surface area contributed by atoms with Crippen molar-refractivity contribution in [3.8, 4) is 46.0 Å². The summed E-state index contributed by atoms with van der Waals surface area (Å²) in [5.74, 6) is 7.45. The summed E-state index contributed by atoms with van der Waals surface area (Å²) < 4.78 is 30.0. The van der Waals surface area contributed by atoms with E-state index in [1.54, 1.807) is 0 Å². The molecule has 0 radical (unpaired) electrons. The fourth-order valence-corrected chi connectivity index (χ4v) is 10.8. The molecule has 0 aliphatic carbocycles. The minimum absolute atomic E-state index is 0. The number of rotatable bonds is 12. The van der Waals surface area contributed by atoms with E-state index in [0.717, 1.165) is 55.6 Å². The number of hydrogen-bond acceptors (Lipinski definition) is 10. The Labute approximate surface area is 530 Å². The van der Waals surface area contributed by atoms with E-state index in [1.807, 2.05) is 121 Å². The molecule has 8 bridgehead atoms. The number of benzene rings is 8. The molecule has 10 aromatic rings. The predicted molar refractivity (Wildman–Crippen MR) is 342 cm³/mol. The first-order chi connectivity index (χ1) is 40.1. The van der Waals surface area contributed by atoms with Gasteiger partial charge in [-0.25, -0.2) is 25.0 Å². The normalized spacial score (nSPS) is 15.1. The Morgan fingerprint density at radius 2 is 0.791 bits per heavy atom. The second-order valence-corrected chi connectivity index (χ2v) is 25.0. The van der Waals surface area contributed by atoms with Gasteiger partial charge in [0.05, 0.1) is 106 Å². The summed E-state index contributed by atoms with van der Waals surface area (Å²) in [6.07, 6.45) is -0.711. The van der Waals surface area contributed by atoms with E-state index in [9.17, 15) is 0 Å². The maximum absolute atomic E-state index is 6.86. The van der Waals surface area contributed by atoms with Gasteiger partial charge in [0.15, 0.2) is 23.7 Å². The molecule has 3 N–H and O–H groups in total. The predicted octanol–water partition coefficient (Wildman–Crippen LogP) is 10.3. The van der Waals surface area contributed by atoms with Crippen LogP contribution in [0.15, 0.2) is 195 Å². The summed E-state index contributed by atoms with van der Waals surface area (Å²) in [7, 11) is 25.7. The van der Waals surface area contributed by atoms with Crippen LogP contribution in [0.1, 0.15) is 28.4 Å². The molecule has 428 valence electrons. The molecular formula is C68H68IN12O4Zn+5. The molecule has 8 aromatic carbocycles. The van der Waals surface area contributed by atoms with Crippen molar-refractivity contribution in [2.75, 3.05) is 89.9 Å². The maximum atomic E-state index is 6.86. The number of aromatic nitrogens is 2. The number of hydrogen-bond donors (Lipinski definition) is 3. The summed E-state index contributed by atoms with van der Waals surface area (Å²) in [6, 6.07) is 56.5. The van der Waals surface area contributed by atoms with Gasteiger partial charge in [-0.1, -0.05) is 48.5 Å². The van der Waals surface area contributed by atoms with Crippen molar-refractivity contribution in [1.29, 1.82) is 0 Å². The molecule has 0 amide bonds. The zero-order valence-corrected chi connectivity index (χ0v) is 55.6. The van der Waals surface area contributed by atoms with Crippen molar-refractivity contribution in [3.05, 3.63) is 203 Å². The van der Waals surface area contributed by atoms with Gasteiger partial charge in [-0.15, -0.1) is 0 Å². The van der Waals surface area contributed by atoms with Gasteiger partial charge >= 0.3 is 19.5 Å². The summed E-state index contributed by atoms with van der Waals surface area (Å²) >= 11 is 0. The molecule has 16 nitrogen and oxygen atoms in total. The third-order valence-corrected chi connectivity index (χ3v) is 15.4. The average molecular weight is 1310 g/mol. The number of quaternary nitrogens is 4. The number of aliphatic imine (C=N–C) groups is 3. The van der Waals surface area contributed by atoms with Gasteiger partial charge in [0, 0.05) is 70.4 Å². The van der Waals surface area contributed by atoms with Crippen LogP contribution in [0.4, 0.5) is 34.4 Å². The topological polar surface area (TPSA) is 142 Å². The number of aromatic amines is 2. The molecule has 86 heavy (non-hydrogen) atoms. The first kappa shape index (κ1) is 59.4. The Morgan fingerprint density at radius 1 is 0.372 bits per heavy atom. The molecule has 1 unspecified atom stereocenters. The number of halogens is 1. The monoisotopic (exact) mass is 1310 g/mol. The van der Waals surface area contributed by atoms with Crippen molar-refractivity contribution in [2.45, 2.75) is 6.17 Å². The third kappa shape index (κ3) is 11.5. The van der Waals surface area contributed by atoms with Gasteiger partial charge in [-0.2, -0.15) is 0 Å². The zero-order valence-electron chi connectivity index (χ0n) is 50.5. The Kier molecular flexibility index (Phi) is 15.5. The number of fused-ring (bicyclic) bond motifs is 18. The number of anilines is 1. The first-order valence-corrected chi connectivity index (χ1v) is 28.0. The number of ether oxygens (including phenoxy) is 4. The Balaban J connectivity index is 0.00000384. The molecule has 3 aliphatic heterocycles. The largest absolute Gasteiger partial charge is 2.00 e. The smallest absolute Gasteiger partial charge is 1.00 e. The molecule has 0 saturated carbocycles. The maximum Gasteiger partial charge on any atom is 2.00 e. The first-order valence-electron chi connectivity index (χ1n) is 28.0. The van der Waals surface area contributed by atoms with Gasteiger partial charge in [0.2, 0.25) is 0 Å². The van der Waals surface area contributed by atoms with E-state index in [-0.39, 0.29) is 43.5 Å². The molecule has 0 fully saturated rings. The third-order valence-electron chi connectivity index (χ3n) is 15.4. The fourth-order valence-electron chi connectivity index (χ4n) is 10.8. The number of nitrogens with one attached hydrogen (secondary N) is 3. The second-order valence-electron chi connectivity index (χ2n) is 25.0. The molecule has 13 rings (SSSR count). The van der Waals surface area contributed by atoms with Gasteiger partial charge in [-0.05, 0) is 72.8 Å². The molecule has 18 heteroatoms. The molecule has 3 aliphatic rings. The van der Waals surface area contributed by atoms with Crippen LogP contribution in [0.2, 0.25) is 0 Å². The van der Waals surface area contributed by atoms with Crippen LogP contribution in [0.5, 0.6) is 46.0 Å². The van der Waals surface area contributed by atoms with Gasteiger partial charge in [0.1, 0.15) is 91.4 Å². The van der Waals surface area contributed by atoms with Crippen LogP contribution < -0.4 is 77.1 Å². The summed E-state index contributed by atoms with van der Waals surface area (Å²) in [5, 5.41) is 6.82. The molecule has 0 spiro atoms. The average Bonchev–Trinajstić information content (AvgIpc) is 1.98. The van der Waals surface area contributed by atoms with Crippen LogP contribution in [0.3, 0.4) is 0 Å². The van der Waals surface area contributed by atoms with Crippen molar-refractivity contribution in [2.24, 2.45) is 25.0 Å². The van der Waals surface area contributed by atoms with Crippen LogP contribution >= 0.6 is 0 Å². The van der Waals surface area contributed by atoms with E-state index >= 15 is 0 Å². The van der Waals surface area contributed by atoms with Crippen molar-refractivity contribution in [3.63, 3.8) is 0 Å². The quantitative estimate of drug-likeness (QED) is 0.0635. The van der Waals surface area contributed by atoms with Crippen LogP contribution in [0.25, 0.3) is 21.5 Å². The van der Waals surface area contributed by atoms with Crippen molar-refractivity contribution in [1.82, 2.24) is 27.9 Å². The van der Waals surface area contributed by atoms with Crippen molar-refractivity contribution < 1.29 is 62.4 Å². The molecular weight excluding hydrogens is 1240 g/mol. The van der Waals surface area contributed by atoms with E-state index in [0.29, 0.717) is 115 Å². The summed E-state index contributed by atoms with van der Waals surface area (Å²) in [6.45, 7) is 0. The fraction of sp³-hybridized carbons (Fsp3) is 0.191. The van der Waals surface area contributed by atoms with E-state index in [1.165, 1.54) is 0 Å². The number of nitrogens with zero attached hydrogens (tertiary/aromatic N) is 9. The number of amidine groups is 3. The number of H-pyrrole nitrogens is 2. The Morgan fingerprint density at radius 3 is 1.30 bits per heavy atom. The van der Waals surface area contributed by atoms with E-state index in [4.69, 9.17) is 43.9 Å². The van der Waals surface area contributed by atoms with Gasteiger partial charge in [-0.3, -0.25) is 17.9 Å².